The number of ether oxygens (including phenoxy) is 2. The Hall–Kier alpha value is -1.58. The van der Waals surface area contributed by atoms with Gasteiger partial charge in [0.25, 0.3) is 0 Å². The van der Waals surface area contributed by atoms with Gasteiger partial charge in [-0.2, -0.15) is 0 Å². The van der Waals surface area contributed by atoms with Gasteiger partial charge in [-0.3, -0.25) is 0 Å². The summed E-state index contributed by atoms with van der Waals surface area (Å²) < 4.78 is 9.38. The van der Waals surface area contributed by atoms with Gasteiger partial charge in [0.2, 0.25) is 5.76 Å². The first-order chi connectivity index (χ1) is 6.52. The summed E-state index contributed by atoms with van der Waals surface area (Å²) >= 11 is 0. The van der Waals surface area contributed by atoms with Crippen LogP contribution in [0.5, 0.6) is 0 Å². The summed E-state index contributed by atoms with van der Waals surface area (Å²) in [6, 6.07) is 0. The Morgan fingerprint density at radius 1 is 1.36 bits per heavy atom. The summed E-state index contributed by atoms with van der Waals surface area (Å²) in [5.74, 6) is -1.39. The highest BCUT2D eigenvalue weighted by Crippen LogP contribution is 2.04. The van der Waals surface area contributed by atoms with E-state index in [2.05, 4.69) is 11.3 Å². The molecule has 0 aromatic heterocycles. The molecule has 0 spiro atoms. The molecule has 4 nitrogen and oxygen atoms in total. The molecule has 0 bridgehead atoms. The molecule has 0 rings (SSSR count). The van der Waals surface area contributed by atoms with Crippen molar-refractivity contribution in [2.45, 2.75) is 20.8 Å². The van der Waals surface area contributed by atoms with E-state index in [1.54, 1.807) is 13.8 Å². The number of esters is 2. The number of carbonyl (C=O) groups is 2. The van der Waals surface area contributed by atoms with Crippen molar-refractivity contribution in [3.05, 3.63) is 24.0 Å². The van der Waals surface area contributed by atoms with Crippen LogP contribution < -0.4 is 0 Å². The van der Waals surface area contributed by atoms with E-state index in [0.717, 1.165) is 0 Å². The topological polar surface area (TPSA) is 52.6 Å². The van der Waals surface area contributed by atoms with Crippen LogP contribution in [0.15, 0.2) is 24.0 Å². The quantitative estimate of drug-likeness (QED) is 0.391. The fourth-order valence-electron chi connectivity index (χ4n) is 0.608. The maximum atomic E-state index is 11.1. The van der Waals surface area contributed by atoms with Crippen LogP contribution in [0.3, 0.4) is 0 Å². The first-order valence-electron chi connectivity index (χ1n) is 4.24. The smallest absolute Gasteiger partial charge is 0.374 e. The average molecular weight is 198 g/mol. The van der Waals surface area contributed by atoms with Gasteiger partial charge in [0, 0.05) is 5.57 Å². The molecular weight excluding hydrogens is 184 g/mol. The second-order valence-corrected chi connectivity index (χ2v) is 2.54. The van der Waals surface area contributed by atoms with Crippen molar-refractivity contribution in [3.63, 3.8) is 0 Å². The van der Waals surface area contributed by atoms with Crippen molar-refractivity contribution in [1.29, 1.82) is 0 Å². The van der Waals surface area contributed by atoms with E-state index in [1.165, 1.54) is 13.0 Å². The highest BCUT2D eigenvalue weighted by atomic mass is 16.6. The predicted molar refractivity (Wildman–Crippen MR) is 51.3 cm³/mol. The molecule has 0 heterocycles. The Kier molecular flexibility index (Phi) is 5.29. The van der Waals surface area contributed by atoms with Crippen LogP contribution >= 0.6 is 0 Å². The molecule has 78 valence electrons. The highest BCUT2D eigenvalue weighted by molar-refractivity contribution is 5.94. The Bertz CT molecular complexity index is 276. The molecule has 0 saturated carbocycles. The zero-order valence-corrected chi connectivity index (χ0v) is 8.62. The lowest BCUT2D eigenvalue weighted by molar-refractivity contribution is -0.149. The molecule has 0 amide bonds. The van der Waals surface area contributed by atoms with E-state index in [1.807, 2.05) is 0 Å². The van der Waals surface area contributed by atoms with Crippen LogP contribution in [-0.4, -0.2) is 18.5 Å². The monoisotopic (exact) mass is 198 g/mol. The van der Waals surface area contributed by atoms with Crippen molar-refractivity contribution < 1.29 is 19.1 Å². The summed E-state index contributed by atoms with van der Waals surface area (Å²) in [5, 5.41) is 0. The van der Waals surface area contributed by atoms with Crippen LogP contribution in [-0.2, 0) is 19.1 Å². The number of carbonyl (C=O) groups excluding carboxylic acids is 2. The van der Waals surface area contributed by atoms with Gasteiger partial charge in [0.05, 0.1) is 6.61 Å². The Morgan fingerprint density at radius 2 is 1.93 bits per heavy atom. The first kappa shape index (κ1) is 12.4. The SMILES string of the molecule is C=C(C)C(=O)OC(=CC)C(=O)OCC. The molecule has 0 aliphatic rings. The molecule has 0 aliphatic carbocycles. The molecule has 0 atom stereocenters. The van der Waals surface area contributed by atoms with E-state index in [0.29, 0.717) is 0 Å². The molecule has 0 saturated heterocycles. The Labute approximate surface area is 83.2 Å². The summed E-state index contributed by atoms with van der Waals surface area (Å²) in [7, 11) is 0. The van der Waals surface area contributed by atoms with Gasteiger partial charge in [-0.25, -0.2) is 9.59 Å². The summed E-state index contributed by atoms with van der Waals surface area (Å²) in [6.45, 7) is 8.39. The second kappa shape index (κ2) is 5.96. The summed E-state index contributed by atoms with van der Waals surface area (Å²) in [4.78, 5) is 22.2. The maximum absolute atomic E-state index is 11.1. The molecule has 0 N–H and O–H groups in total. The zero-order valence-electron chi connectivity index (χ0n) is 8.62. The van der Waals surface area contributed by atoms with E-state index < -0.39 is 11.9 Å². The fraction of sp³-hybridized carbons (Fsp3) is 0.400. The largest absolute Gasteiger partial charge is 0.460 e. The minimum absolute atomic E-state index is 0.111. The van der Waals surface area contributed by atoms with Crippen LogP contribution in [0.1, 0.15) is 20.8 Å². The molecule has 0 aliphatic heterocycles. The first-order valence-corrected chi connectivity index (χ1v) is 4.24. The van der Waals surface area contributed by atoms with E-state index in [4.69, 9.17) is 4.74 Å². The van der Waals surface area contributed by atoms with E-state index in [9.17, 15) is 9.59 Å². The highest BCUT2D eigenvalue weighted by Gasteiger charge is 2.15. The summed E-state index contributed by atoms with van der Waals surface area (Å²) in [5.41, 5.74) is 0.230. The predicted octanol–water partition coefficient (Wildman–Crippen LogP) is 1.57. The lowest BCUT2D eigenvalue weighted by Gasteiger charge is -2.06. The third kappa shape index (κ3) is 3.89. The molecule has 0 fully saturated rings. The van der Waals surface area contributed by atoms with Crippen molar-refractivity contribution in [1.82, 2.24) is 0 Å². The van der Waals surface area contributed by atoms with Gasteiger partial charge in [0.15, 0.2) is 0 Å². The lowest BCUT2D eigenvalue weighted by Crippen LogP contribution is -2.14. The second-order valence-electron chi connectivity index (χ2n) is 2.54. The lowest BCUT2D eigenvalue weighted by atomic mass is 10.3. The fourth-order valence-corrected chi connectivity index (χ4v) is 0.608. The normalized spacial score (nSPS) is 10.6. The zero-order chi connectivity index (χ0) is 11.1. The number of rotatable bonds is 4. The molecule has 0 aromatic carbocycles. The maximum Gasteiger partial charge on any atom is 0.374 e. The third-order valence-corrected chi connectivity index (χ3v) is 1.29. The molecule has 14 heavy (non-hydrogen) atoms. The minimum Gasteiger partial charge on any atom is -0.460 e. The molecule has 0 unspecified atom stereocenters. The third-order valence-electron chi connectivity index (χ3n) is 1.29. The van der Waals surface area contributed by atoms with Crippen molar-refractivity contribution in [3.8, 4) is 0 Å². The van der Waals surface area contributed by atoms with E-state index >= 15 is 0 Å². The Morgan fingerprint density at radius 3 is 2.29 bits per heavy atom. The summed E-state index contributed by atoms with van der Waals surface area (Å²) in [6.07, 6.45) is 1.37. The van der Waals surface area contributed by atoms with Crippen molar-refractivity contribution >= 4 is 11.9 Å². The van der Waals surface area contributed by atoms with Crippen LogP contribution in [0.4, 0.5) is 0 Å². The van der Waals surface area contributed by atoms with Gasteiger partial charge in [-0.05, 0) is 26.8 Å². The van der Waals surface area contributed by atoms with Gasteiger partial charge in [-0.15, -0.1) is 0 Å². The minimum atomic E-state index is -0.649. The van der Waals surface area contributed by atoms with E-state index in [-0.39, 0.29) is 17.9 Å². The van der Waals surface area contributed by atoms with Gasteiger partial charge >= 0.3 is 11.9 Å². The Balaban J connectivity index is 4.39. The number of allylic oxidation sites excluding steroid dienone is 1. The van der Waals surface area contributed by atoms with Gasteiger partial charge < -0.3 is 9.47 Å². The molecular formula is C10H14O4. The van der Waals surface area contributed by atoms with Gasteiger partial charge in [-0.1, -0.05) is 6.58 Å². The van der Waals surface area contributed by atoms with Crippen LogP contribution in [0.25, 0.3) is 0 Å². The average Bonchev–Trinajstić information content (AvgIpc) is 2.13. The van der Waals surface area contributed by atoms with Gasteiger partial charge in [0.1, 0.15) is 0 Å². The number of hydrogen-bond acceptors (Lipinski definition) is 4. The molecule has 0 radical (unpaired) electrons. The van der Waals surface area contributed by atoms with Crippen LogP contribution in [0, 0.1) is 0 Å². The molecule has 4 heteroatoms. The van der Waals surface area contributed by atoms with Crippen LogP contribution in [0.2, 0.25) is 0 Å². The molecule has 0 aromatic rings. The van der Waals surface area contributed by atoms with Crippen molar-refractivity contribution in [2.24, 2.45) is 0 Å². The standard InChI is InChI=1S/C10H14O4/c1-5-8(10(12)13-6-2)14-9(11)7(3)4/h5H,3,6H2,1-2,4H3. The van der Waals surface area contributed by atoms with Crippen molar-refractivity contribution in [2.75, 3.05) is 6.61 Å². The number of hydrogen-bond donors (Lipinski definition) is 0.